The van der Waals surface area contributed by atoms with E-state index < -0.39 is 10.0 Å². The molecule has 5 rings (SSSR count). The highest BCUT2D eigenvalue weighted by molar-refractivity contribution is 7.88. The lowest BCUT2D eigenvalue weighted by atomic mass is 10.2. The molecule has 1 N–H and O–H groups in total. The lowest BCUT2D eigenvalue weighted by Crippen LogP contribution is -2.47. The quantitative estimate of drug-likeness (QED) is 0.514. The van der Waals surface area contributed by atoms with E-state index in [-0.39, 0.29) is 0 Å². The monoisotopic (exact) mass is 487 g/mol. The van der Waals surface area contributed by atoms with Crippen molar-refractivity contribution in [2.75, 3.05) is 76.0 Å². The van der Waals surface area contributed by atoms with Crippen molar-refractivity contribution in [3.05, 3.63) is 30.5 Å². The summed E-state index contributed by atoms with van der Waals surface area (Å²) in [7, 11) is -1.37. The molecule has 0 amide bonds. The van der Waals surface area contributed by atoms with Crippen molar-refractivity contribution in [2.45, 2.75) is 6.54 Å². The first-order valence-electron chi connectivity index (χ1n) is 11.3. The van der Waals surface area contributed by atoms with Crippen LogP contribution >= 0.6 is 0 Å². The van der Waals surface area contributed by atoms with E-state index in [4.69, 9.17) is 14.7 Å². The molecule has 2 saturated heterocycles. The first-order valence-corrected chi connectivity index (χ1v) is 13.1. The van der Waals surface area contributed by atoms with Crippen molar-refractivity contribution >= 4 is 27.4 Å². The van der Waals surface area contributed by atoms with E-state index in [1.165, 1.54) is 10.6 Å². The molecular weight excluding hydrogens is 458 g/mol. The maximum absolute atomic E-state index is 11.8. The van der Waals surface area contributed by atoms with Gasteiger partial charge in [-0.3, -0.25) is 4.90 Å². The standard InChI is InChI=1S/C21H29N9O3S/c1-22-21-23-11-16(12-24-21)18-15-29-14-17(13-27-3-5-30(6-4-27)34(2,31)32)25-19(29)20(26-18)28-7-9-33-10-8-28/h11-12,14-15H,3-10,13H2,1-2H3,(H,22,23,24). The van der Waals surface area contributed by atoms with E-state index in [2.05, 4.69) is 25.1 Å². The molecule has 0 aromatic carbocycles. The first kappa shape index (κ1) is 22.9. The normalized spacial score (nSPS) is 18.5. The number of piperazine rings is 1. The Morgan fingerprint density at radius 3 is 2.35 bits per heavy atom. The molecule has 3 aromatic rings. The zero-order chi connectivity index (χ0) is 23.7. The molecule has 0 bridgehead atoms. The average molecular weight is 488 g/mol. The fourth-order valence-electron chi connectivity index (χ4n) is 4.27. The Labute approximate surface area is 198 Å². The van der Waals surface area contributed by atoms with E-state index in [0.29, 0.717) is 51.9 Å². The van der Waals surface area contributed by atoms with Gasteiger partial charge in [0.05, 0.1) is 30.9 Å². The van der Waals surface area contributed by atoms with E-state index in [1.54, 1.807) is 19.4 Å². The average Bonchev–Trinajstić information content (AvgIpc) is 3.26. The number of nitrogens with one attached hydrogen (secondary N) is 1. The number of hydrogen-bond donors (Lipinski definition) is 1. The van der Waals surface area contributed by atoms with E-state index >= 15 is 0 Å². The van der Waals surface area contributed by atoms with Crippen molar-refractivity contribution in [2.24, 2.45) is 0 Å². The summed E-state index contributed by atoms with van der Waals surface area (Å²) in [6.45, 7) is 5.79. The van der Waals surface area contributed by atoms with Crippen LogP contribution in [0.5, 0.6) is 0 Å². The van der Waals surface area contributed by atoms with Crippen molar-refractivity contribution in [3.63, 3.8) is 0 Å². The molecule has 12 nitrogen and oxygen atoms in total. The third-order valence-corrected chi connectivity index (χ3v) is 7.44. The zero-order valence-electron chi connectivity index (χ0n) is 19.4. The van der Waals surface area contributed by atoms with Crippen LogP contribution < -0.4 is 10.2 Å². The van der Waals surface area contributed by atoms with Crippen LogP contribution in [-0.2, 0) is 21.3 Å². The van der Waals surface area contributed by atoms with Crippen molar-refractivity contribution < 1.29 is 13.2 Å². The van der Waals surface area contributed by atoms with Crippen LogP contribution in [-0.4, -0.2) is 108 Å². The minimum atomic E-state index is -3.15. The molecule has 0 unspecified atom stereocenters. The summed E-state index contributed by atoms with van der Waals surface area (Å²) >= 11 is 0. The van der Waals surface area contributed by atoms with Crippen LogP contribution in [0.1, 0.15) is 5.69 Å². The summed E-state index contributed by atoms with van der Waals surface area (Å²) in [5, 5.41) is 2.93. The van der Waals surface area contributed by atoms with Gasteiger partial charge in [0.2, 0.25) is 16.0 Å². The predicted octanol–water partition coefficient (Wildman–Crippen LogP) is 0.142. The number of rotatable bonds is 6. The molecule has 2 fully saturated rings. The zero-order valence-corrected chi connectivity index (χ0v) is 20.2. The maximum Gasteiger partial charge on any atom is 0.222 e. The van der Waals surface area contributed by atoms with Gasteiger partial charge in [0.25, 0.3) is 0 Å². The first-order chi connectivity index (χ1) is 16.4. The van der Waals surface area contributed by atoms with Crippen molar-refractivity contribution in [1.82, 2.24) is 33.5 Å². The Bertz CT molecular complexity index is 1250. The van der Waals surface area contributed by atoms with Crippen molar-refractivity contribution in [3.8, 4) is 11.3 Å². The Kier molecular flexibility index (Phi) is 6.34. The molecular formula is C21H29N9O3S. The van der Waals surface area contributed by atoms with Crippen LogP contribution in [0.2, 0.25) is 0 Å². The second-order valence-corrected chi connectivity index (χ2v) is 10.5. The molecule has 13 heteroatoms. The van der Waals surface area contributed by atoms with E-state index in [9.17, 15) is 8.42 Å². The SMILES string of the molecule is CNc1ncc(-c2cn3cc(CN4CCN(S(C)(=O)=O)CC4)nc3c(N3CCOCC3)n2)cn1. The summed E-state index contributed by atoms with van der Waals surface area (Å²) in [4.78, 5) is 23.0. The second-order valence-electron chi connectivity index (χ2n) is 8.50. The lowest BCUT2D eigenvalue weighted by molar-refractivity contribution is 0.122. The summed E-state index contributed by atoms with van der Waals surface area (Å²) in [5.74, 6) is 1.37. The molecule has 3 aromatic heterocycles. The van der Waals surface area contributed by atoms with Gasteiger partial charge < -0.3 is 19.4 Å². The van der Waals surface area contributed by atoms with Crippen LogP contribution in [0.4, 0.5) is 11.8 Å². The van der Waals surface area contributed by atoms with Crippen LogP contribution in [0, 0.1) is 0 Å². The minimum Gasteiger partial charge on any atom is -0.378 e. The lowest BCUT2D eigenvalue weighted by Gasteiger charge is -2.32. The van der Waals surface area contributed by atoms with E-state index in [1.807, 2.05) is 16.8 Å². The smallest absolute Gasteiger partial charge is 0.222 e. The Hall–Kier alpha value is -2.87. The molecule has 0 saturated carbocycles. The van der Waals surface area contributed by atoms with Gasteiger partial charge in [0.15, 0.2) is 11.5 Å². The number of sulfonamides is 1. The van der Waals surface area contributed by atoms with Gasteiger partial charge in [-0.25, -0.2) is 28.4 Å². The fourth-order valence-corrected chi connectivity index (χ4v) is 5.10. The van der Waals surface area contributed by atoms with Crippen LogP contribution in [0.15, 0.2) is 24.8 Å². The number of aromatic nitrogens is 5. The molecule has 5 heterocycles. The third kappa shape index (κ3) is 4.82. The number of imidazole rings is 1. The summed E-state index contributed by atoms with van der Waals surface area (Å²) in [6.07, 6.45) is 8.76. The molecule has 0 atom stereocenters. The molecule has 2 aliphatic rings. The van der Waals surface area contributed by atoms with Crippen LogP contribution in [0.25, 0.3) is 16.9 Å². The number of fused-ring (bicyclic) bond motifs is 1. The molecule has 2 aliphatic heterocycles. The van der Waals surface area contributed by atoms with Gasteiger partial charge in [-0.1, -0.05) is 0 Å². The Morgan fingerprint density at radius 1 is 1.00 bits per heavy atom. The van der Waals surface area contributed by atoms with Crippen molar-refractivity contribution in [1.29, 1.82) is 0 Å². The van der Waals surface area contributed by atoms with E-state index in [0.717, 1.165) is 41.5 Å². The number of morpholine rings is 1. The van der Waals surface area contributed by atoms with Gasteiger partial charge in [-0.2, -0.15) is 4.31 Å². The van der Waals surface area contributed by atoms with Gasteiger partial charge >= 0.3 is 0 Å². The summed E-state index contributed by atoms with van der Waals surface area (Å²) in [6, 6.07) is 0. The molecule has 34 heavy (non-hydrogen) atoms. The molecule has 182 valence electrons. The highest BCUT2D eigenvalue weighted by atomic mass is 32.2. The minimum absolute atomic E-state index is 0.500. The van der Waals surface area contributed by atoms with Gasteiger partial charge in [0.1, 0.15) is 0 Å². The Balaban J connectivity index is 1.44. The fraction of sp³-hybridized carbons (Fsp3) is 0.524. The largest absolute Gasteiger partial charge is 0.378 e. The Morgan fingerprint density at radius 2 is 1.71 bits per heavy atom. The topological polar surface area (TPSA) is 121 Å². The number of anilines is 2. The predicted molar refractivity (Wildman–Crippen MR) is 128 cm³/mol. The van der Waals surface area contributed by atoms with Gasteiger partial charge in [0, 0.05) is 83.2 Å². The number of hydrogen-bond acceptors (Lipinski definition) is 10. The highest BCUT2D eigenvalue weighted by Gasteiger charge is 2.25. The van der Waals surface area contributed by atoms with Gasteiger partial charge in [-0.15, -0.1) is 0 Å². The maximum atomic E-state index is 11.8. The van der Waals surface area contributed by atoms with Crippen LogP contribution in [0.3, 0.4) is 0 Å². The second kappa shape index (κ2) is 9.41. The number of ether oxygens (including phenoxy) is 1. The van der Waals surface area contributed by atoms with Gasteiger partial charge in [-0.05, 0) is 0 Å². The highest BCUT2D eigenvalue weighted by Crippen LogP contribution is 2.26. The number of nitrogens with zero attached hydrogens (tertiary/aromatic N) is 8. The third-order valence-electron chi connectivity index (χ3n) is 6.14. The molecule has 0 aliphatic carbocycles. The molecule has 0 radical (unpaired) electrons. The summed E-state index contributed by atoms with van der Waals surface area (Å²) < 4.78 is 32.7. The summed E-state index contributed by atoms with van der Waals surface area (Å²) in [5.41, 5.74) is 3.30. The molecule has 0 spiro atoms.